The molecule has 1 saturated carbocycles. The average molecular weight is 277 g/mol. The second-order valence-electron chi connectivity index (χ2n) is 5.93. The van der Waals surface area contributed by atoms with Crippen LogP contribution in [-0.2, 0) is 0 Å². The van der Waals surface area contributed by atoms with E-state index in [4.69, 9.17) is 11.5 Å². The molecule has 0 aromatic heterocycles. The van der Waals surface area contributed by atoms with Crippen molar-refractivity contribution in [3.05, 3.63) is 23.8 Å². The second kappa shape index (κ2) is 5.71. The maximum Gasteiger partial charge on any atom is 0.248 e. The van der Waals surface area contributed by atoms with Gasteiger partial charge in [-0.25, -0.2) is 0 Å². The van der Waals surface area contributed by atoms with Gasteiger partial charge in [0, 0.05) is 12.1 Å². The molecule has 1 aromatic rings. The van der Waals surface area contributed by atoms with Gasteiger partial charge in [0.1, 0.15) is 0 Å². The number of benzene rings is 1. The number of nitrogens with two attached hydrogens (primary N) is 2. The maximum atomic E-state index is 11.2. The van der Waals surface area contributed by atoms with Crippen molar-refractivity contribution >= 4 is 17.3 Å². The van der Waals surface area contributed by atoms with E-state index in [9.17, 15) is 9.90 Å². The average Bonchev–Trinajstić information content (AvgIpc) is 2.41. The van der Waals surface area contributed by atoms with E-state index in [2.05, 4.69) is 12.2 Å². The van der Waals surface area contributed by atoms with E-state index in [0.29, 0.717) is 29.4 Å². The standard InChI is InChI=1S/C15H23N3O2/c1-10-4-6-15(20,7-5-10)9-18-13-8-11(14(17)19)2-3-12(13)16/h2-3,8,10,18,20H,4-7,9,16H2,1H3,(H2,17,19). The van der Waals surface area contributed by atoms with Crippen LogP contribution in [0.4, 0.5) is 11.4 Å². The predicted octanol–water partition coefficient (Wildman–Crippen LogP) is 1.72. The highest BCUT2D eigenvalue weighted by Gasteiger charge is 2.31. The van der Waals surface area contributed by atoms with Crippen LogP contribution >= 0.6 is 0 Å². The number of aliphatic hydroxyl groups is 1. The first-order valence-electron chi connectivity index (χ1n) is 7.05. The van der Waals surface area contributed by atoms with Gasteiger partial charge in [-0.3, -0.25) is 4.79 Å². The van der Waals surface area contributed by atoms with Gasteiger partial charge in [-0.2, -0.15) is 0 Å². The Morgan fingerprint density at radius 1 is 1.45 bits per heavy atom. The minimum absolute atomic E-state index is 0.408. The molecule has 0 spiro atoms. The normalized spacial score (nSPS) is 26.2. The van der Waals surface area contributed by atoms with Crippen LogP contribution in [0.2, 0.25) is 0 Å². The summed E-state index contributed by atoms with van der Waals surface area (Å²) in [5.74, 6) is 0.191. The summed E-state index contributed by atoms with van der Waals surface area (Å²) in [6.45, 7) is 2.65. The smallest absolute Gasteiger partial charge is 0.248 e. The van der Waals surface area contributed by atoms with E-state index in [1.54, 1.807) is 18.2 Å². The summed E-state index contributed by atoms with van der Waals surface area (Å²) in [5, 5.41) is 13.7. The zero-order chi connectivity index (χ0) is 14.8. The number of hydrogen-bond donors (Lipinski definition) is 4. The van der Waals surface area contributed by atoms with E-state index < -0.39 is 11.5 Å². The van der Waals surface area contributed by atoms with Crippen LogP contribution in [0.1, 0.15) is 43.0 Å². The lowest BCUT2D eigenvalue weighted by Gasteiger charge is -2.35. The SMILES string of the molecule is CC1CCC(O)(CNc2cc(C(N)=O)ccc2N)CC1. The van der Waals surface area contributed by atoms with Crippen LogP contribution in [0.15, 0.2) is 18.2 Å². The molecular weight excluding hydrogens is 254 g/mol. The van der Waals surface area contributed by atoms with Crippen LogP contribution in [-0.4, -0.2) is 23.2 Å². The summed E-state index contributed by atoms with van der Waals surface area (Å²) in [6.07, 6.45) is 3.65. The number of hydrogen-bond acceptors (Lipinski definition) is 4. The van der Waals surface area contributed by atoms with Gasteiger partial charge in [0.05, 0.1) is 17.0 Å². The molecule has 1 amide bonds. The van der Waals surface area contributed by atoms with Crippen molar-refractivity contribution < 1.29 is 9.90 Å². The number of amides is 1. The van der Waals surface area contributed by atoms with Crippen LogP contribution < -0.4 is 16.8 Å². The first-order chi connectivity index (χ1) is 9.39. The summed E-state index contributed by atoms with van der Waals surface area (Å²) < 4.78 is 0. The molecule has 5 nitrogen and oxygen atoms in total. The molecule has 0 radical (unpaired) electrons. The Balaban J connectivity index is 2.03. The summed E-state index contributed by atoms with van der Waals surface area (Å²) in [6, 6.07) is 4.88. The highest BCUT2D eigenvalue weighted by molar-refractivity contribution is 5.94. The first-order valence-corrected chi connectivity index (χ1v) is 7.05. The van der Waals surface area contributed by atoms with Crippen molar-refractivity contribution in [1.29, 1.82) is 0 Å². The Morgan fingerprint density at radius 3 is 2.70 bits per heavy atom. The third kappa shape index (κ3) is 3.42. The van der Waals surface area contributed by atoms with Gasteiger partial charge in [-0.15, -0.1) is 0 Å². The molecule has 1 fully saturated rings. The Kier molecular flexibility index (Phi) is 4.18. The topological polar surface area (TPSA) is 101 Å². The van der Waals surface area contributed by atoms with Gasteiger partial charge in [-0.05, 0) is 49.8 Å². The molecule has 1 aliphatic carbocycles. The van der Waals surface area contributed by atoms with Crippen LogP contribution in [0, 0.1) is 5.92 Å². The van der Waals surface area contributed by atoms with Gasteiger partial charge >= 0.3 is 0 Å². The number of nitrogen functional groups attached to an aromatic ring is 1. The Morgan fingerprint density at radius 2 is 2.10 bits per heavy atom. The molecule has 0 saturated heterocycles. The largest absolute Gasteiger partial charge is 0.397 e. The van der Waals surface area contributed by atoms with Gasteiger partial charge in [0.25, 0.3) is 0 Å². The second-order valence-corrected chi connectivity index (χ2v) is 5.93. The molecule has 0 heterocycles. The highest BCUT2D eigenvalue weighted by Crippen LogP contribution is 2.32. The lowest BCUT2D eigenvalue weighted by Crippen LogP contribution is -2.40. The highest BCUT2D eigenvalue weighted by atomic mass is 16.3. The molecule has 110 valence electrons. The molecule has 0 aliphatic heterocycles. The minimum atomic E-state index is -0.693. The number of anilines is 2. The maximum absolute atomic E-state index is 11.2. The fraction of sp³-hybridized carbons (Fsp3) is 0.533. The van der Waals surface area contributed by atoms with E-state index in [1.165, 1.54) is 0 Å². The molecule has 5 heteroatoms. The van der Waals surface area contributed by atoms with Crippen molar-refractivity contribution in [3.63, 3.8) is 0 Å². The van der Waals surface area contributed by atoms with Gasteiger partial charge in [0.2, 0.25) is 5.91 Å². The summed E-state index contributed by atoms with van der Waals surface area (Å²) in [5.41, 5.74) is 12.0. The van der Waals surface area contributed by atoms with Crippen LogP contribution in [0.3, 0.4) is 0 Å². The molecule has 2 rings (SSSR count). The van der Waals surface area contributed by atoms with Crippen molar-refractivity contribution in [2.45, 2.75) is 38.2 Å². The fourth-order valence-electron chi connectivity index (χ4n) is 2.60. The Bertz CT molecular complexity index is 494. The lowest BCUT2D eigenvalue weighted by atomic mass is 9.79. The zero-order valence-electron chi connectivity index (χ0n) is 11.9. The first kappa shape index (κ1) is 14.7. The molecule has 0 bridgehead atoms. The van der Waals surface area contributed by atoms with E-state index in [-0.39, 0.29) is 0 Å². The number of rotatable bonds is 4. The van der Waals surface area contributed by atoms with Crippen molar-refractivity contribution in [3.8, 4) is 0 Å². The van der Waals surface area contributed by atoms with E-state index in [0.717, 1.165) is 25.7 Å². The third-order valence-electron chi connectivity index (χ3n) is 4.15. The van der Waals surface area contributed by atoms with E-state index >= 15 is 0 Å². The third-order valence-corrected chi connectivity index (χ3v) is 4.15. The Hall–Kier alpha value is -1.75. The fourth-order valence-corrected chi connectivity index (χ4v) is 2.60. The molecule has 1 aliphatic rings. The number of nitrogens with one attached hydrogen (secondary N) is 1. The predicted molar refractivity (Wildman–Crippen MR) is 80.4 cm³/mol. The number of carbonyl (C=O) groups excluding carboxylic acids is 1. The monoisotopic (exact) mass is 277 g/mol. The molecule has 1 aromatic carbocycles. The molecule has 0 atom stereocenters. The molecular formula is C15H23N3O2. The van der Waals surface area contributed by atoms with Crippen molar-refractivity contribution in [1.82, 2.24) is 0 Å². The lowest BCUT2D eigenvalue weighted by molar-refractivity contribution is 0.00502. The summed E-state index contributed by atoms with van der Waals surface area (Å²) in [4.78, 5) is 11.2. The zero-order valence-corrected chi connectivity index (χ0v) is 11.9. The minimum Gasteiger partial charge on any atom is -0.397 e. The van der Waals surface area contributed by atoms with Crippen molar-refractivity contribution in [2.24, 2.45) is 11.7 Å². The van der Waals surface area contributed by atoms with Gasteiger partial charge in [0.15, 0.2) is 0 Å². The number of primary amides is 1. The number of carbonyl (C=O) groups is 1. The summed E-state index contributed by atoms with van der Waals surface area (Å²) >= 11 is 0. The summed E-state index contributed by atoms with van der Waals surface area (Å²) in [7, 11) is 0. The van der Waals surface area contributed by atoms with Gasteiger partial charge < -0.3 is 21.9 Å². The van der Waals surface area contributed by atoms with Crippen LogP contribution in [0.5, 0.6) is 0 Å². The van der Waals surface area contributed by atoms with Gasteiger partial charge in [-0.1, -0.05) is 6.92 Å². The molecule has 20 heavy (non-hydrogen) atoms. The van der Waals surface area contributed by atoms with E-state index in [1.807, 2.05) is 0 Å². The van der Waals surface area contributed by atoms with Crippen molar-refractivity contribution in [2.75, 3.05) is 17.6 Å². The Labute approximate surface area is 119 Å². The molecule has 0 unspecified atom stereocenters. The van der Waals surface area contributed by atoms with Crippen LogP contribution in [0.25, 0.3) is 0 Å². The quantitative estimate of drug-likeness (QED) is 0.629. The molecule has 6 N–H and O–H groups in total.